The molecule has 1 saturated heterocycles. The predicted molar refractivity (Wildman–Crippen MR) is 70.5 cm³/mol. The Kier molecular flexibility index (Phi) is 5.56. The van der Waals surface area contributed by atoms with Crippen molar-refractivity contribution in [2.75, 3.05) is 34.4 Å². The third kappa shape index (κ3) is 3.43. The van der Waals surface area contributed by atoms with Gasteiger partial charge < -0.3 is 14.8 Å². The summed E-state index contributed by atoms with van der Waals surface area (Å²) in [5.41, 5.74) is -0.626. The molecular formula is C13H26N2O3. The highest BCUT2D eigenvalue weighted by atomic mass is 16.5. The van der Waals surface area contributed by atoms with Crippen molar-refractivity contribution in [3.05, 3.63) is 0 Å². The molecule has 0 amide bonds. The molecule has 18 heavy (non-hydrogen) atoms. The van der Waals surface area contributed by atoms with Gasteiger partial charge >= 0.3 is 5.97 Å². The first kappa shape index (κ1) is 15.4. The summed E-state index contributed by atoms with van der Waals surface area (Å²) in [6.07, 6.45) is 2.12. The minimum atomic E-state index is -0.626. The van der Waals surface area contributed by atoms with Crippen molar-refractivity contribution in [3.63, 3.8) is 0 Å². The Hall–Kier alpha value is -0.650. The number of methoxy groups -OCH3 is 2. The number of likely N-dealkylation sites (N-methyl/N-ethyl adjacent to an activating group) is 1. The zero-order valence-electron chi connectivity index (χ0n) is 12.2. The fraction of sp³-hybridized carbons (Fsp3) is 0.923. The third-order valence-corrected chi connectivity index (χ3v) is 4.02. The van der Waals surface area contributed by atoms with Gasteiger partial charge in [0.05, 0.1) is 13.2 Å². The van der Waals surface area contributed by atoms with Gasteiger partial charge in [0.15, 0.2) is 0 Å². The van der Waals surface area contributed by atoms with Gasteiger partial charge in [-0.1, -0.05) is 0 Å². The molecule has 1 aliphatic heterocycles. The van der Waals surface area contributed by atoms with Crippen LogP contribution in [0.2, 0.25) is 0 Å². The molecule has 1 rings (SSSR count). The Morgan fingerprint density at radius 3 is 2.67 bits per heavy atom. The molecule has 0 radical (unpaired) electrons. The molecule has 0 aromatic heterocycles. The van der Waals surface area contributed by atoms with E-state index in [0.717, 1.165) is 25.9 Å². The first-order valence-corrected chi connectivity index (χ1v) is 6.51. The molecule has 1 heterocycles. The molecule has 0 bridgehead atoms. The van der Waals surface area contributed by atoms with Gasteiger partial charge in [0, 0.05) is 26.2 Å². The van der Waals surface area contributed by atoms with Gasteiger partial charge in [-0.3, -0.25) is 9.69 Å². The molecule has 0 aromatic carbocycles. The molecule has 1 N–H and O–H groups in total. The number of nitrogens with zero attached hydrogens (tertiary/aromatic N) is 1. The standard InChI is InChI=1S/C13H26N2O3/c1-10(15-7-6-11(9-15)17-4)8-13(2,14-3)12(16)18-5/h10-11,14H,6-9H2,1-5H3. The number of hydrogen-bond donors (Lipinski definition) is 1. The quantitative estimate of drug-likeness (QED) is 0.708. The Morgan fingerprint density at radius 2 is 2.22 bits per heavy atom. The van der Waals surface area contributed by atoms with Crippen LogP contribution in [0.15, 0.2) is 0 Å². The molecule has 5 nitrogen and oxygen atoms in total. The summed E-state index contributed by atoms with van der Waals surface area (Å²) in [7, 11) is 4.98. The van der Waals surface area contributed by atoms with E-state index >= 15 is 0 Å². The summed E-state index contributed by atoms with van der Waals surface area (Å²) in [6, 6.07) is 0.321. The second-order valence-electron chi connectivity index (χ2n) is 5.27. The number of esters is 1. The van der Waals surface area contributed by atoms with E-state index < -0.39 is 5.54 Å². The van der Waals surface area contributed by atoms with E-state index in [9.17, 15) is 4.79 Å². The number of ether oxygens (including phenoxy) is 2. The summed E-state index contributed by atoms with van der Waals surface area (Å²) in [5.74, 6) is -0.209. The maximum atomic E-state index is 11.8. The molecule has 1 aliphatic rings. The second kappa shape index (κ2) is 6.50. The largest absolute Gasteiger partial charge is 0.468 e. The Labute approximate surface area is 110 Å². The van der Waals surface area contributed by atoms with Crippen LogP contribution in [0.4, 0.5) is 0 Å². The molecular weight excluding hydrogens is 232 g/mol. The van der Waals surface area contributed by atoms with Crippen LogP contribution in [-0.2, 0) is 14.3 Å². The van der Waals surface area contributed by atoms with Crippen molar-refractivity contribution >= 4 is 5.97 Å². The average Bonchev–Trinajstić information content (AvgIpc) is 2.86. The SMILES string of the molecule is CNC(C)(CC(C)N1CCC(OC)C1)C(=O)OC. The van der Waals surface area contributed by atoms with E-state index in [4.69, 9.17) is 9.47 Å². The third-order valence-electron chi connectivity index (χ3n) is 4.02. The number of rotatable bonds is 6. The van der Waals surface area contributed by atoms with E-state index in [-0.39, 0.29) is 5.97 Å². The Balaban J connectivity index is 2.57. The average molecular weight is 258 g/mol. The minimum absolute atomic E-state index is 0.209. The zero-order chi connectivity index (χ0) is 13.8. The van der Waals surface area contributed by atoms with E-state index in [1.54, 1.807) is 14.2 Å². The molecule has 5 heteroatoms. The molecule has 0 aromatic rings. The van der Waals surface area contributed by atoms with Crippen LogP contribution >= 0.6 is 0 Å². The second-order valence-corrected chi connectivity index (χ2v) is 5.27. The predicted octanol–water partition coefficient (Wildman–Crippen LogP) is 0.637. The van der Waals surface area contributed by atoms with E-state index in [0.29, 0.717) is 12.1 Å². The normalized spacial score (nSPS) is 25.7. The van der Waals surface area contributed by atoms with Gasteiger partial charge in [-0.05, 0) is 33.7 Å². The number of hydrogen-bond acceptors (Lipinski definition) is 5. The van der Waals surface area contributed by atoms with Gasteiger partial charge in [0.1, 0.15) is 5.54 Å². The van der Waals surface area contributed by atoms with Crippen molar-refractivity contribution < 1.29 is 14.3 Å². The van der Waals surface area contributed by atoms with Gasteiger partial charge in [0.25, 0.3) is 0 Å². The molecule has 3 unspecified atom stereocenters. The van der Waals surface area contributed by atoms with E-state index in [1.807, 2.05) is 6.92 Å². The number of likely N-dealkylation sites (tertiary alicyclic amines) is 1. The fourth-order valence-electron chi connectivity index (χ4n) is 2.58. The highest BCUT2D eigenvalue weighted by Crippen LogP contribution is 2.22. The lowest BCUT2D eigenvalue weighted by atomic mass is 9.93. The van der Waals surface area contributed by atoms with Gasteiger partial charge in [-0.25, -0.2) is 0 Å². The summed E-state index contributed by atoms with van der Waals surface area (Å²) < 4.78 is 10.2. The van der Waals surface area contributed by atoms with Crippen LogP contribution in [0, 0.1) is 0 Å². The molecule has 0 spiro atoms. The van der Waals surface area contributed by atoms with Crippen LogP contribution in [0.1, 0.15) is 26.7 Å². The monoisotopic (exact) mass is 258 g/mol. The summed E-state index contributed by atoms with van der Waals surface area (Å²) in [4.78, 5) is 14.2. The lowest BCUT2D eigenvalue weighted by molar-refractivity contribution is -0.148. The first-order chi connectivity index (χ1) is 8.46. The Morgan fingerprint density at radius 1 is 1.56 bits per heavy atom. The molecule has 3 atom stereocenters. The molecule has 1 fully saturated rings. The van der Waals surface area contributed by atoms with Crippen molar-refractivity contribution in [2.24, 2.45) is 0 Å². The highest BCUT2D eigenvalue weighted by Gasteiger charge is 2.37. The summed E-state index contributed by atoms with van der Waals surface area (Å²) in [6.45, 7) is 6.01. The number of carbonyl (C=O) groups excluding carboxylic acids is 1. The van der Waals surface area contributed by atoms with Crippen LogP contribution in [0.25, 0.3) is 0 Å². The molecule has 106 valence electrons. The van der Waals surface area contributed by atoms with Crippen molar-refractivity contribution in [3.8, 4) is 0 Å². The number of carbonyl (C=O) groups is 1. The smallest absolute Gasteiger partial charge is 0.325 e. The maximum Gasteiger partial charge on any atom is 0.325 e. The first-order valence-electron chi connectivity index (χ1n) is 6.51. The van der Waals surface area contributed by atoms with Crippen LogP contribution in [0.3, 0.4) is 0 Å². The van der Waals surface area contributed by atoms with E-state index in [2.05, 4.69) is 17.1 Å². The van der Waals surface area contributed by atoms with Crippen LogP contribution in [0.5, 0.6) is 0 Å². The van der Waals surface area contributed by atoms with Gasteiger partial charge in [-0.15, -0.1) is 0 Å². The van der Waals surface area contributed by atoms with Crippen LogP contribution < -0.4 is 5.32 Å². The van der Waals surface area contributed by atoms with Gasteiger partial charge in [0.2, 0.25) is 0 Å². The molecule has 0 saturated carbocycles. The van der Waals surface area contributed by atoms with Crippen molar-refractivity contribution in [1.29, 1.82) is 0 Å². The maximum absolute atomic E-state index is 11.8. The topological polar surface area (TPSA) is 50.8 Å². The summed E-state index contributed by atoms with van der Waals surface area (Å²) >= 11 is 0. The van der Waals surface area contributed by atoms with E-state index in [1.165, 1.54) is 7.11 Å². The Bertz CT molecular complexity index is 285. The van der Waals surface area contributed by atoms with Gasteiger partial charge in [-0.2, -0.15) is 0 Å². The molecule has 0 aliphatic carbocycles. The lowest BCUT2D eigenvalue weighted by Crippen LogP contribution is -2.52. The number of nitrogens with one attached hydrogen (secondary N) is 1. The minimum Gasteiger partial charge on any atom is -0.468 e. The summed E-state index contributed by atoms with van der Waals surface area (Å²) in [5, 5.41) is 3.08. The van der Waals surface area contributed by atoms with Crippen molar-refractivity contribution in [1.82, 2.24) is 10.2 Å². The fourth-order valence-corrected chi connectivity index (χ4v) is 2.58. The van der Waals surface area contributed by atoms with Crippen molar-refractivity contribution in [2.45, 2.75) is 44.4 Å². The lowest BCUT2D eigenvalue weighted by Gasteiger charge is -2.33. The highest BCUT2D eigenvalue weighted by molar-refractivity contribution is 5.80. The van der Waals surface area contributed by atoms with Crippen LogP contribution in [-0.4, -0.2) is 62.9 Å². The zero-order valence-corrected chi connectivity index (χ0v) is 12.2.